The van der Waals surface area contributed by atoms with Gasteiger partial charge in [-0.15, -0.1) is 0 Å². The molecule has 194 valence electrons. The second kappa shape index (κ2) is 10.9. The number of halogens is 2. The fourth-order valence-electron chi connectivity index (χ4n) is 4.13. The van der Waals surface area contributed by atoms with Crippen LogP contribution in [0, 0.1) is 18.6 Å². The fourth-order valence-corrected chi connectivity index (χ4v) is 4.13. The van der Waals surface area contributed by atoms with Crippen LogP contribution in [0.1, 0.15) is 27.9 Å². The number of aryl methyl sites for hydroxylation is 1. The van der Waals surface area contributed by atoms with Crippen molar-refractivity contribution in [3.05, 3.63) is 64.7 Å². The zero-order chi connectivity index (χ0) is 26.7. The number of anilines is 3. The average Bonchev–Trinajstić information content (AvgIpc) is 2.87. The molecule has 9 nitrogen and oxygen atoms in total. The molecule has 1 aliphatic heterocycles. The third-order valence-electron chi connectivity index (χ3n) is 6.02. The molecule has 0 radical (unpaired) electrons. The van der Waals surface area contributed by atoms with Gasteiger partial charge in [0.1, 0.15) is 17.3 Å². The van der Waals surface area contributed by atoms with Crippen molar-refractivity contribution in [1.29, 1.82) is 0 Å². The smallest absolute Gasteiger partial charge is 0.328 e. The van der Waals surface area contributed by atoms with E-state index in [0.717, 1.165) is 35.6 Å². The maximum atomic E-state index is 14.8. The highest BCUT2D eigenvalue weighted by atomic mass is 19.1. The van der Waals surface area contributed by atoms with E-state index in [9.17, 15) is 18.4 Å². The van der Waals surface area contributed by atoms with Crippen molar-refractivity contribution < 1.29 is 18.4 Å². The first-order valence-corrected chi connectivity index (χ1v) is 11.9. The predicted octanol–water partition coefficient (Wildman–Crippen LogP) is 3.81. The maximum Gasteiger partial charge on any atom is 0.328 e. The lowest BCUT2D eigenvalue weighted by Crippen LogP contribution is -2.43. The normalized spacial score (nSPS) is 12.8. The van der Waals surface area contributed by atoms with Crippen LogP contribution in [0.2, 0.25) is 0 Å². The first-order valence-electron chi connectivity index (χ1n) is 11.9. The van der Waals surface area contributed by atoms with Crippen LogP contribution in [0.5, 0.6) is 0 Å². The summed E-state index contributed by atoms with van der Waals surface area (Å²) in [5.74, 6) is -1.80. The number of carbonyl (C=O) groups excluding carboxylic acids is 2. The van der Waals surface area contributed by atoms with Crippen molar-refractivity contribution in [1.82, 2.24) is 25.5 Å². The van der Waals surface area contributed by atoms with Gasteiger partial charge in [-0.2, -0.15) is 4.98 Å². The molecule has 1 aliphatic rings. The Morgan fingerprint density at radius 1 is 1.16 bits per heavy atom. The summed E-state index contributed by atoms with van der Waals surface area (Å²) in [5, 5.41) is 8.45. The Labute approximate surface area is 213 Å². The van der Waals surface area contributed by atoms with Gasteiger partial charge >= 0.3 is 6.03 Å². The number of nitrogens with one attached hydrogen (secondary N) is 3. The lowest BCUT2D eigenvalue weighted by Gasteiger charge is -2.31. The van der Waals surface area contributed by atoms with Crippen LogP contribution >= 0.6 is 0 Å². The third kappa shape index (κ3) is 5.36. The monoisotopic (exact) mass is 509 g/mol. The minimum absolute atomic E-state index is 0.0423. The van der Waals surface area contributed by atoms with Crippen molar-refractivity contribution >= 4 is 29.4 Å². The summed E-state index contributed by atoms with van der Waals surface area (Å²) in [6.45, 7) is 3.28. The summed E-state index contributed by atoms with van der Waals surface area (Å²) in [7, 11) is 5.48. The van der Waals surface area contributed by atoms with E-state index < -0.39 is 23.4 Å². The quantitative estimate of drug-likeness (QED) is 0.399. The number of benzene rings is 2. The molecule has 0 fully saturated rings. The van der Waals surface area contributed by atoms with Crippen molar-refractivity contribution in [2.75, 3.05) is 44.4 Å². The van der Waals surface area contributed by atoms with E-state index in [1.54, 1.807) is 25.2 Å². The van der Waals surface area contributed by atoms with Crippen LogP contribution in [0.3, 0.4) is 0 Å². The summed E-state index contributed by atoms with van der Waals surface area (Å²) >= 11 is 0. The first kappa shape index (κ1) is 26.0. The van der Waals surface area contributed by atoms with Gasteiger partial charge in [-0.3, -0.25) is 4.79 Å². The molecule has 0 aliphatic carbocycles. The SMILES string of the molecule is CNC(=O)c1ccc(C)c(-c2nc(NCCCN(C)C)nc3c2CNC(=O)N3c2c(F)cccc2F)c1. The number of hydrogen-bond acceptors (Lipinski definition) is 6. The van der Waals surface area contributed by atoms with E-state index in [-0.39, 0.29) is 24.2 Å². The minimum Gasteiger partial charge on any atom is -0.355 e. The predicted molar refractivity (Wildman–Crippen MR) is 138 cm³/mol. The van der Waals surface area contributed by atoms with Crippen molar-refractivity contribution in [3.63, 3.8) is 0 Å². The summed E-state index contributed by atoms with van der Waals surface area (Å²) in [6.07, 6.45) is 0.792. The fraction of sp³-hybridized carbons (Fsp3) is 0.308. The van der Waals surface area contributed by atoms with E-state index in [1.807, 2.05) is 25.9 Å². The molecule has 0 spiro atoms. The molecular weight excluding hydrogens is 480 g/mol. The highest BCUT2D eigenvalue weighted by molar-refractivity contribution is 6.02. The highest BCUT2D eigenvalue weighted by Gasteiger charge is 2.34. The van der Waals surface area contributed by atoms with Gasteiger partial charge in [-0.05, 0) is 63.8 Å². The molecule has 0 unspecified atom stereocenters. The Hall–Kier alpha value is -4.12. The van der Waals surface area contributed by atoms with Crippen LogP contribution in [-0.4, -0.2) is 61.0 Å². The Morgan fingerprint density at radius 2 is 1.89 bits per heavy atom. The Morgan fingerprint density at radius 3 is 2.57 bits per heavy atom. The molecule has 3 N–H and O–H groups in total. The standard InChI is InChI=1S/C26H29F2N7O2/c1-15-9-10-16(24(36)29-2)13-17(15)21-18-14-31-26(37)35(22-19(27)7-5-8-20(22)28)23(18)33-25(32-21)30-11-6-12-34(3)4/h5,7-10,13H,6,11-12,14H2,1-4H3,(H,29,36)(H,31,37)(H,30,32,33). The van der Waals surface area contributed by atoms with Crippen LogP contribution in [0.4, 0.5) is 31.0 Å². The van der Waals surface area contributed by atoms with Crippen LogP contribution in [0.25, 0.3) is 11.3 Å². The third-order valence-corrected chi connectivity index (χ3v) is 6.02. The summed E-state index contributed by atoms with van der Waals surface area (Å²) in [5.41, 5.74) is 2.28. The van der Waals surface area contributed by atoms with Crippen LogP contribution in [-0.2, 0) is 6.54 Å². The highest BCUT2D eigenvalue weighted by Crippen LogP contribution is 2.39. The van der Waals surface area contributed by atoms with Gasteiger partial charge < -0.3 is 20.9 Å². The largest absolute Gasteiger partial charge is 0.355 e. The summed E-state index contributed by atoms with van der Waals surface area (Å²) in [6, 6.07) is 7.89. The molecule has 11 heteroatoms. The minimum atomic E-state index is -0.901. The second-order valence-corrected chi connectivity index (χ2v) is 8.95. The zero-order valence-corrected chi connectivity index (χ0v) is 21.2. The molecule has 0 bridgehead atoms. The molecule has 0 saturated heterocycles. The second-order valence-electron chi connectivity index (χ2n) is 8.95. The number of rotatable bonds is 8. The number of hydrogen-bond donors (Lipinski definition) is 3. The van der Waals surface area contributed by atoms with Gasteiger partial charge in [-0.25, -0.2) is 23.5 Å². The number of para-hydroxylation sites is 1. The van der Waals surface area contributed by atoms with E-state index in [1.165, 1.54) is 6.07 Å². The maximum absolute atomic E-state index is 14.8. The number of fused-ring (bicyclic) bond motifs is 1. The molecule has 0 atom stereocenters. The van der Waals surface area contributed by atoms with Gasteiger partial charge in [0, 0.05) is 30.3 Å². The summed E-state index contributed by atoms with van der Waals surface area (Å²) < 4.78 is 29.7. The number of carbonyl (C=O) groups is 2. The van der Waals surface area contributed by atoms with Crippen molar-refractivity contribution in [3.8, 4) is 11.3 Å². The van der Waals surface area contributed by atoms with Gasteiger partial charge in [0.25, 0.3) is 5.91 Å². The first-order chi connectivity index (χ1) is 17.7. The van der Waals surface area contributed by atoms with Crippen LogP contribution in [0.15, 0.2) is 36.4 Å². The number of amides is 3. The van der Waals surface area contributed by atoms with E-state index in [2.05, 4.69) is 20.9 Å². The molecular formula is C26H29F2N7O2. The molecule has 4 rings (SSSR count). The molecule has 2 heterocycles. The van der Waals surface area contributed by atoms with Crippen molar-refractivity contribution in [2.24, 2.45) is 0 Å². The Bertz CT molecular complexity index is 1330. The molecule has 3 amide bonds. The lowest BCUT2D eigenvalue weighted by atomic mass is 9.97. The average molecular weight is 510 g/mol. The molecule has 0 saturated carbocycles. The van der Waals surface area contributed by atoms with Gasteiger partial charge in [-0.1, -0.05) is 12.1 Å². The number of nitrogens with zero attached hydrogens (tertiary/aromatic N) is 4. The number of urea groups is 1. The van der Waals surface area contributed by atoms with E-state index in [4.69, 9.17) is 4.98 Å². The molecule has 1 aromatic heterocycles. The van der Waals surface area contributed by atoms with Gasteiger partial charge in [0.2, 0.25) is 5.95 Å². The van der Waals surface area contributed by atoms with E-state index in [0.29, 0.717) is 28.9 Å². The topological polar surface area (TPSA) is 102 Å². The van der Waals surface area contributed by atoms with Gasteiger partial charge in [0.15, 0.2) is 5.82 Å². The van der Waals surface area contributed by atoms with Gasteiger partial charge in [0.05, 0.1) is 12.2 Å². The Kier molecular flexibility index (Phi) is 7.63. The number of aromatic nitrogens is 2. The Balaban J connectivity index is 1.90. The molecule has 2 aromatic carbocycles. The zero-order valence-electron chi connectivity index (χ0n) is 21.2. The lowest BCUT2D eigenvalue weighted by molar-refractivity contribution is 0.0963. The van der Waals surface area contributed by atoms with Crippen LogP contribution < -0.4 is 20.9 Å². The van der Waals surface area contributed by atoms with E-state index >= 15 is 0 Å². The van der Waals surface area contributed by atoms with Crippen molar-refractivity contribution in [2.45, 2.75) is 19.9 Å². The summed E-state index contributed by atoms with van der Waals surface area (Å²) in [4.78, 5) is 37.5. The molecule has 37 heavy (non-hydrogen) atoms. The molecule has 3 aromatic rings.